The van der Waals surface area contributed by atoms with Crippen molar-refractivity contribution in [3.63, 3.8) is 0 Å². The molecule has 0 radical (unpaired) electrons. The van der Waals surface area contributed by atoms with E-state index in [1.165, 1.54) is 0 Å². The normalized spacial score (nSPS) is 11.9. The zero-order valence-electron chi connectivity index (χ0n) is 17.2. The molecule has 1 heterocycles. The first-order valence-corrected chi connectivity index (χ1v) is 10.9. The van der Waals surface area contributed by atoms with E-state index < -0.39 is 10.8 Å². The quantitative estimate of drug-likeness (QED) is 0.550. The summed E-state index contributed by atoms with van der Waals surface area (Å²) in [5.41, 5.74) is 0.951. The molecule has 0 spiro atoms. The third-order valence-corrected chi connectivity index (χ3v) is 5.57. The Morgan fingerprint density at radius 3 is 2.30 bits per heavy atom. The molecule has 0 aliphatic heterocycles. The number of amides is 1. The van der Waals surface area contributed by atoms with E-state index in [-0.39, 0.29) is 23.5 Å². The average Bonchev–Trinajstić information content (AvgIpc) is 3.21. The Hall–Kier alpha value is -3.06. The smallest absolute Gasteiger partial charge is 0.287 e. The number of hydrogen-bond acceptors (Lipinski definition) is 5. The van der Waals surface area contributed by atoms with Gasteiger partial charge < -0.3 is 19.2 Å². The van der Waals surface area contributed by atoms with E-state index in [0.29, 0.717) is 22.9 Å². The standard InChI is InChI=1S/C23H25NO5S/c1-16(2)28-19-6-4-17(5-7-19)14-24-23(25)22-13-10-20(29-22)15-30(26)21-11-8-18(27-3)9-12-21/h4-13,16H,14-15H2,1-3H3,(H,24,25)/t30-/m0/s1. The van der Waals surface area contributed by atoms with Gasteiger partial charge in [0.25, 0.3) is 5.91 Å². The number of ether oxygens (including phenoxy) is 2. The predicted octanol–water partition coefficient (Wildman–Crippen LogP) is 4.31. The first-order valence-electron chi connectivity index (χ1n) is 9.59. The fourth-order valence-corrected chi connectivity index (χ4v) is 3.76. The molecule has 6 nitrogen and oxygen atoms in total. The van der Waals surface area contributed by atoms with E-state index >= 15 is 0 Å². The van der Waals surface area contributed by atoms with Crippen LogP contribution in [0.1, 0.15) is 35.7 Å². The molecule has 3 aromatic rings. The molecule has 0 fully saturated rings. The van der Waals surface area contributed by atoms with Crippen molar-refractivity contribution in [3.8, 4) is 11.5 Å². The Kier molecular flexibility index (Phi) is 7.30. The minimum absolute atomic E-state index is 0.114. The number of methoxy groups -OCH3 is 1. The van der Waals surface area contributed by atoms with Crippen LogP contribution in [0, 0.1) is 0 Å². The van der Waals surface area contributed by atoms with Crippen LogP contribution in [0.25, 0.3) is 0 Å². The van der Waals surface area contributed by atoms with Gasteiger partial charge in [0.05, 0.1) is 29.8 Å². The van der Waals surface area contributed by atoms with Crippen LogP contribution in [0.2, 0.25) is 0 Å². The van der Waals surface area contributed by atoms with Crippen LogP contribution in [0.5, 0.6) is 11.5 Å². The van der Waals surface area contributed by atoms with E-state index in [4.69, 9.17) is 13.9 Å². The van der Waals surface area contributed by atoms with Gasteiger partial charge in [0.15, 0.2) is 5.76 Å². The molecule has 30 heavy (non-hydrogen) atoms. The van der Waals surface area contributed by atoms with E-state index in [2.05, 4.69) is 5.32 Å². The van der Waals surface area contributed by atoms with E-state index in [9.17, 15) is 9.00 Å². The van der Waals surface area contributed by atoms with Crippen molar-refractivity contribution in [1.82, 2.24) is 5.32 Å². The number of hydrogen-bond donors (Lipinski definition) is 1. The first-order chi connectivity index (χ1) is 14.4. The summed E-state index contributed by atoms with van der Waals surface area (Å²) in [5, 5.41) is 2.82. The molecule has 3 rings (SSSR count). The number of rotatable bonds is 9. The van der Waals surface area contributed by atoms with Gasteiger partial charge in [-0.3, -0.25) is 9.00 Å². The zero-order chi connectivity index (χ0) is 21.5. The third-order valence-electron chi connectivity index (χ3n) is 4.23. The van der Waals surface area contributed by atoms with Crippen molar-refractivity contribution in [1.29, 1.82) is 0 Å². The lowest BCUT2D eigenvalue weighted by molar-refractivity contribution is 0.0921. The second-order valence-electron chi connectivity index (χ2n) is 6.92. The van der Waals surface area contributed by atoms with Crippen LogP contribution in [-0.2, 0) is 23.1 Å². The lowest BCUT2D eigenvalue weighted by atomic mass is 10.2. The Morgan fingerprint density at radius 2 is 1.67 bits per heavy atom. The second kappa shape index (κ2) is 10.1. The summed E-state index contributed by atoms with van der Waals surface area (Å²) < 4.78 is 28.8. The molecule has 7 heteroatoms. The lowest BCUT2D eigenvalue weighted by Gasteiger charge is -2.10. The molecule has 1 amide bonds. The van der Waals surface area contributed by atoms with Crippen LogP contribution in [0.4, 0.5) is 0 Å². The number of furan rings is 1. The van der Waals surface area contributed by atoms with Gasteiger partial charge in [-0.1, -0.05) is 12.1 Å². The molecule has 1 atom stereocenters. The molecule has 1 N–H and O–H groups in total. The molecule has 0 aliphatic carbocycles. The van der Waals surface area contributed by atoms with Crippen molar-refractivity contribution in [2.45, 2.75) is 37.1 Å². The van der Waals surface area contributed by atoms with Gasteiger partial charge in [-0.15, -0.1) is 0 Å². The summed E-state index contributed by atoms with van der Waals surface area (Å²) >= 11 is 0. The Balaban J connectivity index is 1.53. The monoisotopic (exact) mass is 427 g/mol. The summed E-state index contributed by atoms with van der Waals surface area (Å²) in [6, 6.07) is 17.9. The molecule has 0 saturated carbocycles. The minimum atomic E-state index is -1.28. The number of carbonyl (C=O) groups is 1. The highest BCUT2D eigenvalue weighted by molar-refractivity contribution is 7.84. The lowest BCUT2D eigenvalue weighted by Crippen LogP contribution is -2.22. The predicted molar refractivity (Wildman–Crippen MR) is 115 cm³/mol. The summed E-state index contributed by atoms with van der Waals surface area (Å²) in [4.78, 5) is 13.0. The van der Waals surface area contributed by atoms with Crippen LogP contribution in [0.15, 0.2) is 70.0 Å². The topological polar surface area (TPSA) is 77.8 Å². The highest BCUT2D eigenvalue weighted by Crippen LogP contribution is 2.18. The summed E-state index contributed by atoms with van der Waals surface area (Å²) in [7, 11) is 0.303. The van der Waals surface area contributed by atoms with Crippen LogP contribution in [-0.4, -0.2) is 23.3 Å². The third kappa shape index (κ3) is 5.97. The largest absolute Gasteiger partial charge is 0.497 e. The van der Waals surface area contributed by atoms with E-state index in [1.54, 1.807) is 43.5 Å². The second-order valence-corrected chi connectivity index (χ2v) is 8.38. The minimum Gasteiger partial charge on any atom is -0.497 e. The molecule has 1 aromatic heterocycles. The fourth-order valence-electron chi connectivity index (χ4n) is 2.75. The molecule has 0 unspecified atom stereocenters. The highest BCUT2D eigenvalue weighted by atomic mass is 32.2. The molecule has 158 valence electrons. The Morgan fingerprint density at radius 1 is 1.00 bits per heavy atom. The van der Waals surface area contributed by atoms with E-state index in [0.717, 1.165) is 11.3 Å². The van der Waals surface area contributed by atoms with Gasteiger partial charge in [0.2, 0.25) is 0 Å². The van der Waals surface area contributed by atoms with Crippen LogP contribution in [0.3, 0.4) is 0 Å². The summed E-state index contributed by atoms with van der Waals surface area (Å²) in [6.07, 6.45) is 0.114. The fraction of sp³-hybridized carbons (Fsp3) is 0.261. The van der Waals surface area contributed by atoms with Gasteiger partial charge in [-0.05, 0) is 67.9 Å². The summed E-state index contributed by atoms with van der Waals surface area (Å²) in [6.45, 7) is 4.31. The van der Waals surface area contributed by atoms with Crippen LogP contribution < -0.4 is 14.8 Å². The molecular weight excluding hydrogens is 402 g/mol. The maximum absolute atomic E-state index is 12.5. The van der Waals surface area contributed by atoms with Crippen molar-refractivity contribution < 1.29 is 22.9 Å². The van der Waals surface area contributed by atoms with Crippen molar-refractivity contribution in [3.05, 3.63) is 77.7 Å². The van der Waals surface area contributed by atoms with E-state index in [1.807, 2.05) is 38.1 Å². The molecule has 0 saturated heterocycles. The first kappa shape index (κ1) is 21.6. The van der Waals surface area contributed by atoms with Crippen LogP contribution >= 0.6 is 0 Å². The highest BCUT2D eigenvalue weighted by Gasteiger charge is 2.14. The molecule has 0 aliphatic rings. The van der Waals surface area contributed by atoms with Gasteiger partial charge in [-0.25, -0.2) is 0 Å². The maximum Gasteiger partial charge on any atom is 0.287 e. The number of carbonyl (C=O) groups excluding carboxylic acids is 1. The Bertz CT molecular complexity index is 993. The average molecular weight is 428 g/mol. The van der Waals surface area contributed by atoms with Gasteiger partial charge in [0, 0.05) is 11.4 Å². The number of benzene rings is 2. The number of nitrogens with one attached hydrogen (secondary N) is 1. The van der Waals surface area contributed by atoms with Gasteiger partial charge >= 0.3 is 0 Å². The van der Waals surface area contributed by atoms with Crippen molar-refractivity contribution in [2.75, 3.05) is 7.11 Å². The molecule has 0 bridgehead atoms. The zero-order valence-corrected chi connectivity index (χ0v) is 18.0. The van der Waals surface area contributed by atoms with Gasteiger partial charge in [-0.2, -0.15) is 0 Å². The SMILES string of the molecule is COc1ccc([S@@](=O)Cc2ccc(C(=O)NCc3ccc(OC(C)C)cc3)o2)cc1. The Labute approximate surface area is 178 Å². The molecule has 2 aromatic carbocycles. The van der Waals surface area contributed by atoms with Crippen molar-refractivity contribution in [2.24, 2.45) is 0 Å². The molecular formula is C23H25NO5S. The summed E-state index contributed by atoms with van der Waals surface area (Å²) in [5.74, 6) is 2.05. The maximum atomic E-state index is 12.5. The van der Waals surface area contributed by atoms with Gasteiger partial charge in [0.1, 0.15) is 17.3 Å². The van der Waals surface area contributed by atoms with Crippen molar-refractivity contribution >= 4 is 16.7 Å².